The third-order valence-electron chi connectivity index (χ3n) is 4.57. The Morgan fingerprint density at radius 1 is 1.38 bits per heavy atom. The number of hydrogen-bond acceptors (Lipinski definition) is 7. The molecule has 3 aromatic rings. The Morgan fingerprint density at radius 2 is 2.27 bits per heavy atom. The monoisotopic (exact) mass is 358 g/mol. The van der Waals surface area contributed by atoms with Crippen LogP contribution in [0.1, 0.15) is 24.2 Å². The van der Waals surface area contributed by atoms with Crippen molar-refractivity contribution in [3.63, 3.8) is 0 Å². The molecule has 1 aliphatic heterocycles. The van der Waals surface area contributed by atoms with Crippen LogP contribution >= 0.6 is 0 Å². The number of benzene rings is 1. The van der Waals surface area contributed by atoms with Crippen LogP contribution in [0.3, 0.4) is 0 Å². The van der Waals surface area contributed by atoms with Crippen LogP contribution in [0.2, 0.25) is 0 Å². The van der Waals surface area contributed by atoms with E-state index in [4.69, 9.17) is 14.0 Å². The van der Waals surface area contributed by atoms with E-state index in [2.05, 4.69) is 20.4 Å². The first-order valence-corrected chi connectivity index (χ1v) is 8.43. The van der Waals surface area contributed by atoms with Crippen molar-refractivity contribution in [3.8, 4) is 5.75 Å². The number of hydrogen-bond donors (Lipinski definition) is 1. The fourth-order valence-corrected chi connectivity index (χ4v) is 3.24. The zero-order valence-electron chi connectivity index (χ0n) is 14.5. The smallest absolute Gasteiger partial charge is 0.256 e. The summed E-state index contributed by atoms with van der Waals surface area (Å²) in [5, 5.41) is 8.06. The van der Waals surface area contributed by atoms with Crippen molar-refractivity contribution in [2.45, 2.75) is 19.4 Å². The Balaban J connectivity index is 1.56. The lowest BCUT2D eigenvalue weighted by atomic mass is 10.0. The molecule has 1 fully saturated rings. The molecule has 8 heteroatoms. The van der Waals surface area contributed by atoms with Crippen molar-refractivity contribution in [1.82, 2.24) is 15.1 Å². The number of ether oxygens (including phenoxy) is 2. The van der Waals surface area contributed by atoms with Crippen molar-refractivity contribution in [2.24, 2.45) is 5.92 Å². The lowest BCUT2D eigenvalue weighted by molar-refractivity contribution is 0.0650. The molecule has 0 saturated carbocycles. The fraction of sp³-hybridized carbons (Fsp3) is 0.389. The number of methoxy groups -OCH3 is 1. The zero-order chi connectivity index (χ0) is 18.1. The molecule has 7 nitrogen and oxygen atoms in total. The highest BCUT2D eigenvalue weighted by molar-refractivity contribution is 5.92. The highest BCUT2D eigenvalue weighted by Crippen LogP contribution is 2.35. The Bertz CT molecular complexity index is 930. The third kappa shape index (κ3) is 3.08. The predicted octanol–water partition coefficient (Wildman–Crippen LogP) is 3.26. The van der Waals surface area contributed by atoms with E-state index in [0.717, 1.165) is 17.5 Å². The Kier molecular flexibility index (Phi) is 4.42. The minimum absolute atomic E-state index is 0.192. The first-order chi connectivity index (χ1) is 12.7. The number of nitrogens with one attached hydrogen (secondary N) is 1. The number of halogens is 1. The molecule has 0 spiro atoms. The largest absolute Gasteiger partial charge is 0.494 e. The van der Waals surface area contributed by atoms with Gasteiger partial charge in [0.05, 0.1) is 12.6 Å². The molecular formula is C18H19FN4O3. The summed E-state index contributed by atoms with van der Waals surface area (Å²) in [6.45, 7) is 3.09. The summed E-state index contributed by atoms with van der Waals surface area (Å²) in [6, 6.07) is 4.90. The number of aromatic nitrogens is 3. The Hall–Kier alpha value is -2.74. The molecule has 2 atom stereocenters. The van der Waals surface area contributed by atoms with Crippen LogP contribution in [0.4, 0.5) is 10.1 Å². The highest BCUT2D eigenvalue weighted by atomic mass is 19.1. The SMILES string of the molecule is COc1cc2c(NC[C@@H]3CCO[C@@H]3c3nc(C)no3)ccnc2cc1F. The van der Waals surface area contributed by atoms with Crippen molar-refractivity contribution in [1.29, 1.82) is 0 Å². The van der Waals surface area contributed by atoms with Gasteiger partial charge in [0.2, 0.25) is 0 Å². The first kappa shape index (κ1) is 16.7. The first-order valence-electron chi connectivity index (χ1n) is 8.43. The van der Waals surface area contributed by atoms with E-state index in [-0.39, 0.29) is 17.8 Å². The summed E-state index contributed by atoms with van der Waals surface area (Å²) < 4.78 is 30.0. The lowest BCUT2D eigenvalue weighted by Gasteiger charge is -2.17. The number of fused-ring (bicyclic) bond motifs is 1. The summed E-state index contributed by atoms with van der Waals surface area (Å²) in [7, 11) is 1.45. The Labute approximate surface area is 149 Å². The molecule has 1 N–H and O–H groups in total. The van der Waals surface area contributed by atoms with E-state index < -0.39 is 5.82 Å². The highest BCUT2D eigenvalue weighted by Gasteiger charge is 2.33. The number of rotatable bonds is 5. The topological polar surface area (TPSA) is 82.3 Å². The van der Waals surface area contributed by atoms with Gasteiger partial charge >= 0.3 is 0 Å². The van der Waals surface area contributed by atoms with Crippen LogP contribution in [-0.2, 0) is 4.74 Å². The molecule has 4 rings (SSSR count). The van der Waals surface area contributed by atoms with Crippen LogP contribution in [0.5, 0.6) is 5.75 Å². The molecule has 26 heavy (non-hydrogen) atoms. The second kappa shape index (κ2) is 6.87. The van der Waals surface area contributed by atoms with E-state index in [9.17, 15) is 4.39 Å². The van der Waals surface area contributed by atoms with E-state index >= 15 is 0 Å². The van der Waals surface area contributed by atoms with Gasteiger partial charge in [-0.25, -0.2) is 4.39 Å². The number of aryl methyl sites for hydroxylation is 1. The number of nitrogens with zero attached hydrogens (tertiary/aromatic N) is 3. The van der Waals surface area contributed by atoms with Crippen LogP contribution in [0.15, 0.2) is 28.9 Å². The summed E-state index contributed by atoms with van der Waals surface area (Å²) in [6.07, 6.45) is 2.32. The van der Waals surface area contributed by atoms with Gasteiger partial charge in [-0.1, -0.05) is 5.16 Å². The van der Waals surface area contributed by atoms with Crippen molar-refractivity contribution in [3.05, 3.63) is 41.9 Å². The molecule has 2 aromatic heterocycles. The minimum atomic E-state index is -0.430. The predicted molar refractivity (Wildman–Crippen MR) is 92.6 cm³/mol. The van der Waals surface area contributed by atoms with Crippen LogP contribution < -0.4 is 10.1 Å². The van der Waals surface area contributed by atoms with E-state index in [0.29, 0.717) is 30.4 Å². The summed E-state index contributed by atoms with van der Waals surface area (Å²) in [4.78, 5) is 8.51. The Morgan fingerprint density at radius 3 is 3.04 bits per heavy atom. The zero-order valence-corrected chi connectivity index (χ0v) is 14.5. The molecule has 0 aliphatic carbocycles. The maximum Gasteiger partial charge on any atom is 0.256 e. The quantitative estimate of drug-likeness (QED) is 0.749. The molecule has 1 saturated heterocycles. The van der Waals surface area contributed by atoms with Gasteiger partial charge in [-0.05, 0) is 25.5 Å². The maximum atomic E-state index is 13.9. The van der Waals surface area contributed by atoms with E-state index in [1.54, 1.807) is 19.2 Å². The fourth-order valence-electron chi connectivity index (χ4n) is 3.24. The summed E-state index contributed by atoms with van der Waals surface area (Å²) >= 11 is 0. The minimum Gasteiger partial charge on any atom is -0.494 e. The molecule has 1 aliphatic rings. The van der Waals surface area contributed by atoms with Crippen LogP contribution in [0.25, 0.3) is 10.9 Å². The van der Waals surface area contributed by atoms with Crippen molar-refractivity contribution in [2.75, 3.05) is 25.6 Å². The van der Waals surface area contributed by atoms with Gasteiger partial charge in [0.25, 0.3) is 5.89 Å². The van der Waals surface area contributed by atoms with Crippen molar-refractivity contribution >= 4 is 16.6 Å². The second-order valence-corrected chi connectivity index (χ2v) is 6.26. The van der Waals surface area contributed by atoms with Gasteiger partial charge in [-0.15, -0.1) is 0 Å². The van der Waals surface area contributed by atoms with Crippen LogP contribution in [-0.4, -0.2) is 35.4 Å². The second-order valence-electron chi connectivity index (χ2n) is 6.26. The molecule has 0 bridgehead atoms. The van der Waals surface area contributed by atoms with Crippen molar-refractivity contribution < 1.29 is 18.4 Å². The third-order valence-corrected chi connectivity index (χ3v) is 4.57. The average Bonchev–Trinajstić information content (AvgIpc) is 3.27. The molecule has 0 radical (unpaired) electrons. The molecule has 1 aromatic carbocycles. The van der Waals surface area contributed by atoms with Gasteiger partial charge in [0, 0.05) is 42.4 Å². The van der Waals surface area contributed by atoms with Gasteiger partial charge in [0.15, 0.2) is 17.4 Å². The summed E-state index contributed by atoms with van der Waals surface area (Å²) in [5.74, 6) is 1.06. The van der Waals surface area contributed by atoms with E-state index in [1.807, 2.05) is 6.07 Å². The molecule has 136 valence electrons. The van der Waals surface area contributed by atoms with Gasteiger partial charge in [-0.2, -0.15) is 4.98 Å². The van der Waals surface area contributed by atoms with Gasteiger partial charge in [0.1, 0.15) is 6.10 Å². The van der Waals surface area contributed by atoms with Crippen LogP contribution in [0, 0.1) is 18.7 Å². The molecule has 0 unspecified atom stereocenters. The number of pyridine rings is 1. The lowest BCUT2D eigenvalue weighted by Crippen LogP contribution is -2.18. The normalized spacial score (nSPS) is 19.8. The maximum absolute atomic E-state index is 13.9. The van der Waals surface area contributed by atoms with Gasteiger partial charge < -0.3 is 19.3 Å². The van der Waals surface area contributed by atoms with Gasteiger partial charge in [-0.3, -0.25) is 4.98 Å². The summed E-state index contributed by atoms with van der Waals surface area (Å²) in [5.41, 5.74) is 1.43. The standard InChI is InChI=1S/C18H19FN4O3/c1-10-22-18(26-23-10)17-11(4-6-25-17)9-21-14-3-5-20-15-8-13(19)16(24-2)7-12(14)15/h3,5,7-8,11,17H,4,6,9H2,1-2H3,(H,20,21)/t11-,17-/m0/s1. The molecule has 3 heterocycles. The molecular weight excluding hydrogens is 339 g/mol. The average molecular weight is 358 g/mol. The molecule has 0 amide bonds. The van der Waals surface area contributed by atoms with E-state index in [1.165, 1.54) is 13.2 Å². The number of anilines is 1.